The third-order valence-electron chi connectivity index (χ3n) is 4.27. The van der Waals surface area contributed by atoms with Crippen molar-refractivity contribution in [2.24, 2.45) is 16.6 Å². The van der Waals surface area contributed by atoms with E-state index < -0.39 is 0 Å². The quantitative estimate of drug-likeness (QED) is 0.648. The number of likely N-dealkylation sites (tertiary alicyclic amines) is 1. The molecule has 2 rings (SSSR count). The van der Waals surface area contributed by atoms with Gasteiger partial charge in [0.25, 0.3) is 0 Å². The van der Waals surface area contributed by atoms with Crippen LogP contribution in [0.4, 0.5) is 5.69 Å². The molecule has 4 heteroatoms. The van der Waals surface area contributed by atoms with E-state index in [-0.39, 0.29) is 0 Å². The minimum Gasteiger partial charge on any atom is -0.370 e. The van der Waals surface area contributed by atoms with Gasteiger partial charge in [-0.05, 0) is 48.9 Å². The van der Waals surface area contributed by atoms with Gasteiger partial charge >= 0.3 is 0 Å². The zero-order valence-corrected chi connectivity index (χ0v) is 14.2. The second kappa shape index (κ2) is 8.18. The lowest BCUT2D eigenvalue weighted by atomic mass is 10.0. The lowest BCUT2D eigenvalue weighted by Gasteiger charge is -2.30. The molecule has 0 amide bonds. The number of guanidine groups is 1. The first-order valence-corrected chi connectivity index (χ1v) is 8.44. The molecule has 0 saturated carbocycles. The molecular weight excluding hydrogens is 272 g/mol. The van der Waals surface area contributed by atoms with E-state index in [1.807, 2.05) is 6.07 Å². The van der Waals surface area contributed by atoms with Crippen molar-refractivity contribution in [1.29, 1.82) is 0 Å². The maximum absolute atomic E-state index is 6.00. The van der Waals surface area contributed by atoms with Crippen molar-refractivity contribution in [2.75, 3.05) is 31.5 Å². The zero-order chi connectivity index (χ0) is 15.9. The standard InChI is InChI=1S/C18H30N4/c1-14(2)16-7-4-8-17(12-16)21-18(19)20-9-11-22-10-5-6-15(3)13-22/h4,7-8,12,14-15H,5-6,9-11,13H2,1-3H3,(H3,19,20,21). The highest BCUT2D eigenvalue weighted by atomic mass is 15.2. The zero-order valence-electron chi connectivity index (χ0n) is 14.2. The van der Waals surface area contributed by atoms with Gasteiger partial charge in [0.05, 0.1) is 6.54 Å². The third kappa shape index (κ3) is 5.34. The predicted octanol–water partition coefficient (Wildman–Crippen LogP) is 3.27. The lowest BCUT2D eigenvalue weighted by molar-refractivity contribution is 0.189. The summed E-state index contributed by atoms with van der Waals surface area (Å²) in [4.78, 5) is 6.95. The van der Waals surface area contributed by atoms with Crippen LogP contribution in [0.2, 0.25) is 0 Å². The smallest absolute Gasteiger partial charge is 0.193 e. The van der Waals surface area contributed by atoms with Crippen molar-refractivity contribution in [3.05, 3.63) is 29.8 Å². The largest absolute Gasteiger partial charge is 0.370 e. The topological polar surface area (TPSA) is 53.6 Å². The van der Waals surface area contributed by atoms with Crippen molar-refractivity contribution >= 4 is 11.6 Å². The van der Waals surface area contributed by atoms with Gasteiger partial charge in [-0.15, -0.1) is 0 Å². The molecule has 0 bridgehead atoms. The number of benzene rings is 1. The van der Waals surface area contributed by atoms with Crippen LogP contribution < -0.4 is 11.1 Å². The van der Waals surface area contributed by atoms with E-state index in [2.05, 4.69) is 54.2 Å². The Morgan fingerprint density at radius 3 is 3.00 bits per heavy atom. The maximum Gasteiger partial charge on any atom is 0.193 e. The number of piperidine rings is 1. The maximum atomic E-state index is 6.00. The van der Waals surface area contributed by atoms with Crippen molar-refractivity contribution in [3.63, 3.8) is 0 Å². The first-order chi connectivity index (χ1) is 10.5. The van der Waals surface area contributed by atoms with E-state index in [0.717, 1.165) is 24.7 Å². The molecular formula is C18H30N4. The summed E-state index contributed by atoms with van der Waals surface area (Å²) in [6.45, 7) is 10.9. The summed E-state index contributed by atoms with van der Waals surface area (Å²) >= 11 is 0. The number of hydrogen-bond acceptors (Lipinski definition) is 2. The summed E-state index contributed by atoms with van der Waals surface area (Å²) in [7, 11) is 0. The van der Waals surface area contributed by atoms with Crippen molar-refractivity contribution < 1.29 is 0 Å². The average Bonchev–Trinajstić information content (AvgIpc) is 2.47. The monoisotopic (exact) mass is 302 g/mol. The molecule has 0 aliphatic carbocycles. The van der Waals surface area contributed by atoms with Gasteiger partial charge in [-0.3, -0.25) is 4.99 Å². The van der Waals surface area contributed by atoms with Crippen molar-refractivity contribution in [2.45, 2.75) is 39.5 Å². The highest BCUT2D eigenvalue weighted by Gasteiger charge is 2.15. The number of nitrogens with two attached hydrogens (primary N) is 1. The Balaban J connectivity index is 1.81. The number of aliphatic imine (C=N–C) groups is 1. The fourth-order valence-electron chi connectivity index (χ4n) is 2.96. The van der Waals surface area contributed by atoms with Crippen LogP contribution in [-0.2, 0) is 0 Å². The molecule has 122 valence electrons. The molecule has 0 aromatic heterocycles. The number of nitrogens with one attached hydrogen (secondary N) is 1. The number of hydrogen-bond donors (Lipinski definition) is 2. The highest BCUT2D eigenvalue weighted by Crippen LogP contribution is 2.18. The van der Waals surface area contributed by atoms with Crippen LogP contribution in [0, 0.1) is 5.92 Å². The third-order valence-corrected chi connectivity index (χ3v) is 4.27. The van der Waals surface area contributed by atoms with Crippen LogP contribution in [0.1, 0.15) is 45.1 Å². The Morgan fingerprint density at radius 1 is 1.45 bits per heavy atom. The Labute approximate surface area is 134 Å². The van der Waals surface area contributed by atoms with Gasteiger partial charge in [-0.1, -0.05) is 32.9 Å². The second-order valence-corrected chi connectivity index (χ2v) is 6.72. The molecule has 1 aromatic carbocycles. The summed E-state index contributed by atoms with van der Waals surface area (Å²) in [5, 5.41) is 3.19. The molecule has 1 aromatic rings. The predicted molar refractivity (Wildman–Crippen MR) is 95.5 cm³/mol. The van der Waals surface area contributed by atoms with Gasteiger partial charge in [0, 0.05) is 18.8 Å². The van der Waals surface area contributed by atoms with Gasteiger partial charge in [-0.25, -0.2) is 0 Å². The van der Waals surface area contributed by atoms with Gasteiger partial charge in [-0.2, -0.15) is 0 Å². The molecule has 1 atom stereocenters. The van der Waals surface area contributed by atoms with Gasteiger partial charge in [0.2, 0.25) is 0 Å². The number of anilines is 1. The van der Waals surface area contributed by atoms with E-state index in [1.165, 1.54) is 31.5 Å². The summed E-state index contributed by atoms with van der Waals surface area (Å²) in [5.74, 6) is 1.83. The minimum absolute atomic E-state index is 0.506. The van der Waals surface area contributed by atoms with Crippen LogP contribution in [0.25, 0.3) is 0 Å². The molecule has 1 aliphatic heterocycles. The van der Waals surface area contributed by atoms with Gasteiger partial charge < -0.3 is 16.0 Å². The Morgan fingerprint density at radius 2 is 2.27 bits per heavy atom. The fraction of sp³-hybridized carbons (Fsp3) is 0.611. The molecule has 1 saturated heterocycles. The summed E-state index contributed by atoms with van der Waals surface area (Å²) in [6, 6.07) is 8.36. The van der Waals surface area contributed by atoms with Crippen molar-refractivity contribution in [1.82, 2.24) is 4.90 Å². The molecule has 0 spiro atoms. The van der Waals surface area contributed by atoms with E-state index >= 15 is 0 Å². The van der Waals surface area contributed by atoms with Crippen LogP contribution in [0.3, 0.4) is 0 Å². The van der Waals surface area contributed by atoms with Crippen LogP contribution in [0.5, 0.6) is 0 Å². The van der Waals surface area contributed by atoms with Crippen LogP contribution in [0.15, 0.2) is 29.3 Å². The van der Waals surface area contributed by atoms with Crippen LogP contribution in [-0.4, -0.2) is 37.0 Å². The van der Waals surface area contributed by atoms with Gasteiger partial charge in [0.1, 0.15) is 0 Å². The normalized spacial score (nSPS) is 20.4. The second-order valence-electron chi connectivity index (χ2n) is 6.72. The summed E-state index contributed by atoms with van der Waals surface area (Å²) in [5.41, 5.74) is 8.31. The lowest BCUT2D eigenvalue weighted by Crippen LogP contribution is -2.36. The number of nitrogens with zero attached hydrogens (tertiary/aromatic N) is 2. The molecule has 1 aliphatic rings. The SMILES string of the molecule is CC1CCCN(CCN=C(N)Nc2cccc(C(C)C)c2)C1. The van der Waals surface area contributed by atoms with E-state index in [0.29, 0.717) is 11.9 Å². The molecule has 3 N–H and O–H groups in total. The Hall–Kier alpha value is -1.55. The van der Waals surface area contributed by atoms with E-state index in [4.69, 9.17) is 5.73 Å². The summed E-state index contributed by atoms with van der Waals surface area (Å²) in [6.07, 6.45) is 2.66. The molecule has 22 heavy (non-hydrogen) atoms. The minimum atomic E-state index is 0.506. The molecule has 1 unspecified atom stereocenters. The highest BCUT2D eigenvalue weighted by molar-refractivity contribution is 5.92. The Bertz CT molecular complexity index is 496. The average molecular weight is 302 g/mol. The number of rotatable bonds is 5. The summed E-state index contributed by atoms with van der Waals surface area (Å²) < 4.78 is 0. The molecule has 1 fully saturated rings. The fourth-order valence-corrected chi connectivity index (χ4v) is 2.96. The molecule has 4 nitrogen and oxygen atoms in total. The molecule has 0 radical (unpaired) electrons. The van der Waals surface area contributed by atoms with Crippen LogP contribution >= 0.6 is 0 Å². The van der Waals surface area contributed by atoms with E-state index in [1.54, 1.807) is 0 Å². The first kappa shape index (κ1) is 16.8. The Kier molecular flexibility index (Phi) is 6.25. The van der Waals surface area contributed by atoms with Crippen molar-refractivity contribution in [3.8, 4) is 0 Å². The first-order valence-electron chi connectivity index (χ1n) is 8.44. The van der Waals surface area contributed by atoms with Gasteiger partial charge in [0.15, 0.2) is 5.96 Å². The molecule has 1 heterocycles. The van der Waals surface area contributed by atoms with E-state index in [9.17, 15) is 0 Å².